The summed E-state index contributed by atoms with van der Waals surface area (Å²) in [5.74, 6) is 0.858. The molecule has 2 aliphatic carbocycles. The van der Waals surface area contributed by atoms with Crippen molar-refractivity contribution in [2.24, 2.45) is 5.92 Å². The number of hydrogen-bond acceptors (Lipinski definition) is 3. The van der Waals surface area contributed by atoms with E-state index in [1.807, 2.05) is 24.0 Å². The molecule has 0 atom stereocenters. The minimum Gasteiger partial charge on any atom is -0.438 e. The van der Waals surface area contributed by atoms with Gasteiger partial charge in [-0.15, -0.1) is 0 Å². The van der Waals surface area contributed by atoms with Crippen LogP contribution in [0, 0.1) is 18.7 Å². The van der Waals surface area contributed by atoms with Crippen LogP contribution >= 0.6 is 11.6 Å². The third kappa shape index (κ3) is 4.30. The molecule has 2 fully saturated rings. The van der Waals surface area contributed by atoms with Gasteiger partial charge in [0.1, 0.15) is 11.6 Å². The van der Waals surface area contributed by atoms with Crippen molar-refractivity contribution < 1.29 is 13.9 Å². The van der Waals surface area contributed by atoms with Gasteiger partial charge in [-0.2, -0.15) is 5.10 Å². The van der Waals surface area contributed by atoms with Crippen LogP contribution in [0.1, 0.15) is 36.9 Å². The number of benzene rings is 2. The Morgan fingerprint density at radius 2 is 1.94 bits per heavy atom. The van der Waals surface area contributed by atoms with E-state index in [1.54, 1.807) is 28.9 Å². The van der Waals surface area contributed by atoms with E-state index in [-0.39, 0.29) is 23.7 Å². The first-order chi connectivity index (χ1) is 15.0. The normalized spacial score (nSPS) is 15.7. The molecule has 5 nitrogen and oxygen atoms in total. The third-order valence-corrected chi connectivity index (χ3v) is 6.00. The predicted molar refractivity (Wildman–Crippen MR) is 116 cm³/mol. The van der Waals surface area contributed by atoms with Crippen LogP contribution in [0.4, 0.5) is 4.39 Å². The van der Waals surface area contributed by atoms with Gasteiger partial charge < -0.3 is 9.64 Å². The van der Waals surface area contributed by atoms with Gasteiger partial charge in [0.05, 0.1) is 23.5 Å². The minimum atomic E-state index is -0.378. The molecule has 7 heteroatoms. The summed E-state index contributed by atoms with van der Waals surface area (Å²) in [5, 5.41) is 5.32. The van der Waals surface area contributed by atoms with Gasteiger partial charge in [0.2, 0.25) is 11.8 Å². The lowest BCUT2D eigenvalue weighted by molar-refractivity contribution is -0.133. The number of ether oxygens (including phenoxy) is 1. The fourth-order valence-corrected chi connectivity index (χ4v) is 3.86. The van der Waals surface area contributed by atoms with Crippen LogP contribution in [0.5, 0.6) is 11.6 Å². The number of rotatable bonds is 7. The molecule has 2 saturated carbocycles. The highest BCUT2D eigenvalue weighted by molar-refractivity contribution is 6.30. The number of carbonyl (C=O) groups is 1. The molecule has 1 aromatic heterocycles. The summed E-state index contributed by atoms with van der Waals surface area (Å²) in [4.78, 5) is 14.9. The second kappa shape index (κ2) is 8.00. The smallest absolute Gasteiger partial charge is 0.227 e. The van der Waals surface area contributed by atoms with Crippen molar-refractivity contribution in [3.63, 3.8) is 0 Å². The van der Waals surface area contributed by atoms with Crippen molar-refractivity contribution in [1.29, 1.82) is 0 Å². The molecular formula is C24H23ClFN3O2. The van der Waals surface area contributed by atoms with Gasteiger partial charge in [0, 0.05) is 23.0 Å². The molecule has 0 saturated heterocycles. The Kier molecular flexibility index (Phi) is 5.18. The molecule has 160 valence electrons. The number of amides is 1. The van der Waals surface area contributed by atoms with Crippen molar-refractivity contribution in [3.05, 3.63) is 70.6 Å². The van der Waals surface area contributed by atoms with Crippen LogP contribution in [0.25, 0.3) is 5.69 Å². The summed E-state index contributed by atoms with van der Waals surface area (Å²) < 4.78 is 21.7. The van der Waals surface area contributed by atoms with Crippen molar-refractivity contribution in [3.8, 4) is 17.3 Å². The highest BCUT2D eigenvalue weighted by atomic mass is 35.5. The number of carbonyl (C=O) groups excluding carboxylic acids is 1. The number of halogens is 2. The second-order valence-electron chi connectivity index (χ2n) is 8.29. The van der Waals surface area contributed by atoms with Crippen molar-refractivity contribution in [2.75, 3.05) is 0 Å². The summed E-state index contributed by atoms with van der Waals surface area (Å²) >= 11 is 6.06. The zero-order valence-electron chi connectivity index (χ0n) is 17.2. The molecule has 0 bridgehead atoms. The summed E-state index contributed by atoms with van der Waals surface area (Å²) in [5.41, 5.74) is 2.38. The van der Waals surface area contributed by atoms with Gasteiger partial charge in [0.15, 0.2) is 0 Å². The summed E-state index contributed by atoms with van der Waals surface area (Å²) in [6.07, 6.45) is 4.00. The molecule has 0 unspecified atom stereocenters. The molecule has 1 amide bonds. The number of hydrogen-bond donors (Lipinski definition) is 0. The van der Waals surface area contributed by atoms with E-state index in [1.165, 1.54) is 12.1 Å². The number of aromatic nitrogens is 2. The molecule has 31 heavy (non-hydrogen) atoms. The molecule has 0 aliphatic heterocycles. The summed E-state index contributed by atoms with van der Waals surface area (Å²) in [6.45, 7) is 2.34. The van der Waals surface area contributed by atoms with Gasteiger partial charge in [-0.3, -0.25) is 4.79 Å². The first-order valence-corrected chi connectivity index (χ1v) is 11.0. The van der Waals surface area contributed by atoms with Crippen LogP contribution in [-0.4, -0.2) is 26.6 Å². The lowest BCUT2D eigenvalue weighted by Gasteiger charge is -2.23. The van der Waals surface area contributed by atoms with E-state index in [0.29, 0.717) is 23.2 Å². The van der Waals surface area contributed by atoms with Crippen LogP contribution in [0.2, 0.25) is 5.02 Å². The van der Waals surface area contributed by atoms with Gasteiger partial charge in [-0.05, 0) is 69.0 Å². The van der Waals surface area contributed by atoms with Crippen LogP contribution in [-0.2, 0) is 11.3 Å². The molecular weight excluding hydrogens is 417 g/mol. The quantitative estimate of drug-likeness (QED) is 0.476. The Balaban J connectivity index is 1.55. The third-order valence-electron chi connectivity index (χ3n) is 5.74. The first kappa shape index (κ1) is 20.1. The monoisotopic (exact) mass is 439 g/mol. The number of aryl methyl sites for hydroxylation is 1. The molecule has 1 heterocycles. The average molecular weight is 440 g/mol. The lowest BCUT2D eigenvalue weighted by Crippen LogP contribution is -2.34. The fraction of sp³-hybridized carbons (Fsp3) is 0.333. The zero-order valence-corrected chi connectivity index (χ0v) is 18.0. The topological polar surface area (TPSA) is 47.4 Å². The molecule has 0 spiro atoms. The first-order valence-electron chi connectivity index (χ1n) is 10.6. The van der Waals surface area contributed by atoms with E-state index < -0.39 is 0 Å². The largest absolute Gasteiger partial charge is 0.438 e. The molecule has 5 rings (SSSR count). The van der Waals surface area contributed by atoms with E-state index >= 15 is 0 Å². The lowest BCUT2D eigenvalue weighted by atomic mass is 10.2. The summed E-state index contributed by atoms with van der Waals surface area (Å²) in [6, 6.07) is 13.6. The Morgan fingerprint density at radius 1 is 1.19 bits per heavy atom. The fourth-order valence-electron chi connectivity index (χ4n) is 3.73. The standard InChI is InChI=1S/C24H23ClFN3O2/c1-15-22(14-28(19-11-12-19)23(30)16-5-6-16)24(31-21-4-2-3-18(26)13-21)29(27-15)20-9-7-17(25)8-10-20/h2-4,7-10,13,16,19H,5-6,11-12,14H2,1H3. The number of nitrogens with zero attached hydrogens (tertiary/aromatic N) is 3. The van der Waals surface area contributed by atoms with Crippen molar-refractivity contribution in [2.45, 2.75) is 45.2 Å². The second-order valence-corrected chi connectivity index (χ2v) is 8.72. The molecule has 2 aromatic carbocycles. The van der Waals surface area contributed by atoms with Gasteiger partial charge in [0.25, 0.3) is 0 Å². The highest BCUT2D eigenvalue weighted by Crippen LogP contribution is 2.39. The van der Waals surface area contributed by atoms with E-state index in [4.69, 9.17) is 21.4 Å². The molecule has 3 aromatic rings. The van der Waals surface area contributed by atoms with Crippen LogP contribution < -0.4 is 4.74 Å². The Morgan fingerprint density at radius 3 is 2.58 bits per heavy atom. The van der Waals surface area contributed by atoms with Crippen molar-refractivity contribution in [1.82, 2.24) is 14.7 Å². The molecule has 0 radical (unpaired) electrons. The van der Waals surface area contributed by atoms with Gasteiger partial charge >= 0.3 is 0 Å². The average Bonchev–Trinajstić information content (AvgIpc) is 3.66. The maximum Gasteiger partial charge on any atom is 0.227 e. The van der Waals surface area contributed by atoms with Gasteiger partial charge in [-0.25, -0.2) is 9.07 Å². The maximum atomic E-state index is 13.8. The SMILES string of the molecule is Cc1nn(-c2ccc(Cl)cc2)c(Oc2cccc(F)c2)c1CN(C(=O)C1CC1)C1CC1. The highest BCUT2D eigenvalue weighted by Gasteiger charge is 2.41. The van der Waals surface area contributed by atoms with Gasteiger partial charge in [-0.1, -0.05) is 17.7 Å². The minimum absolute atomic E-state index is 0.153. The Labute approximate surface area is 185 Å². The van der Waals surface area contributed by atoms with E-state index in [9.17, 15) is 9.18 Å². The van der Waals surface area contributed by atoms with E-state index in [0.717, 1.165) is 42.6 Å². The van der Waals surface area contributed by atoms with Crippen LogP contribution in [0.15, 0.2) is 48.5 Å². The van der Waals surface area contributed by atoms with Crippen LogP contribution in [0.3, 0.4) is 0 Å². The Hall–Kier alpha value is -2.86. The predicted octanol–water partition coefficient (Wildman–Crippen LogP) is 5.67. The molecule has 0 N–H and O–H groups in total. The molecule has 2 aliphatic rings. The zero-order chi connectivity index (χ0) is 21.5. The Bertz CT molecular complexity index is 1120. The summed E-state index contributed by atoms with van der Waals surface area (Å²) in [7, 11) is 0. The van der Waals surface area contributed by atoms with E-state index in [2.05, 4.69) is 0 Å². The maximum absolute atomic E-state index is 13.8. The van der Waals surface area contributed by atoms with Crippen molar-refractivity contribution >= 4 is 17.5 Å².